The molecule has 0 spiro atoms. The van der Waals surface area contributed by atoms with E-state index in [1.807, 2.05) is 23.5 Å². The van der Waals surface area contributed by atoms with E-state index >= 15 is 0 Å². The molecule has 2 fully saturated rings. The van der Waals surface area contributed by atoms with Gasteiger partial charge >= 0.3 is 0 Å². The van der Waals surface area contributed by atoms with Crippen LogP contribution in [0.5, 0.6) is 5.75 Å². The summed E-state index contributed by atoms with van der Waals surface area (Å²) < 4.78 is 6.37. The number of piperidine rings is 1. The first-order valence-corrected chi connectivity index (χ1v) is 15.0. The van der Waals surface area contributed by atoms with Crippen molar-refractivity contribution in [2.45, 2.75) is 76.0 Å². The largest absolute Gasteiger partial charge is 0.489 e. The molecule has 6 heteroatoms. The standard InChI is InChI=1S/C31H37ClN2O2S/c32-28-21-25(31(35)33-26-16-18-34(19-17-26)22-23-7-2-1-3-8-23)13-15-29(28)36-27-10-5-4-9-24(12-14-27)30-11-6-20-37-30/h1-3,6-8,11,13,15,20-21,24,26-27H,4-5,9-10,12,14,16-19,22H2,(H,33,35). The summed E-state index contributed by atoms with van der Waals surface area (Å²) in [5, 5.41) is 5.91. The van der Waals surface area contributed by atoms with Crippen molar-refractivity contribution in [2.75, 3.05) is 13.1 Å². The molecule has 0 bridgehead atoms. The van der Waals surface area contributed by atoms with Crippen molar-refractivity contribution in [3.63, 3.8) is 0 Å². The average molecular weight is 537 g/mol. The van der Waals surface area contributed by atoms with Crippen LogP contribution in [-0.2, 0) is 6.54 Å². The van der Waals surface area contributed by atoms with Crippen LogP contribution >= 0.6 is 22.9 Å². The first-order valence-electron chi connectivity index (χ1n) is 13.7. The van der Waals surface area contributed by atoms with Crippen LogP contribution < -0.4 is 10.1 Å². The number of likely N-dealkylation sites (tertiary alicyclic amines) is 1. The number of amides is 1. The molecule has 2 unspecified atom stereocenters. The summed E-state index contributed by atoms with van der Waals surface area (Å²) in [4.78, 5) is 16.9. The second-order valence-electron chi connectivity index (χ2n) is 10.5. The lowest BCUT2D eigenvalue weighted by Gasteiger charge is -2.32. The van der Waals surface area contributed by atoms with Gasteiger partial charge in [0.1, 0.15) is 5.75 Å². The molecule has 196 valence electrons. The third kappa shape index (κ3) is 7.37. The molecule has 1 amide bonds. The van der Waals surface area contributed by atoms with Crippen molar-refractivity contribution in [1.29, 1.82) is 0 Å². The molecule has 1 saturated heterocycles. The van der Waals surface area contributed by atoms with Crippen LogP contribution in [0.3, 0.4) is 0 Å². The van der Waals surface area contributed by atoms with Gasteiger partial charge in [-0.1, -0.05) is 54.4 Å². The molecular formula is C31H37ClN2O2S. The summed E-state index contributed by atoms with van der Waals surface area (Å²) in [6, 6.07) is 20.7. The van der Waals surface area contributed by atoms with E-state index in [1.165, 1.54) is 29.7 Å². The molecule has 5 rings (SSSR count). The zero-order valence-corrected chi connectivity index (χ0v) is 23.0. The second kappa shape index (κ2) is 12.9. The van der Waals surface area contributed by atoms with Crippen molar-refractivity contribution >= 4 is 28.8 Å². The van der Waals surface area contributed by atoms with Gasteiger partial charge in [0.15, 0.2) is 0 Å². The lowest BCUT2D eigenvalue weighted by atomic mass is 9.89. The van der Waals surface area contributed by atoms with Gasteiger partial charge in [0.2, 0.25) is 0 Å². The van der Waals surface area contributed by atoms with Gasteiger partial charge in [-0.3, -0.25) is 9.69 Å². The van der Waals surface area contributed by atoms with Crippen LogP contribution in [0.2, 0.25) is 5.02 Å². The molecular weight excluding hydrogens is 500 g/mol. The normalized spacial score (nSPS) is 21.6. The third-order valence-corrected chi connectivity index (χ3v) is 9.10. The Bertz CT molecular complexity index is 1130. The SMILES string of the molecule is O=C(NC1CCN(Cc2ccccc2)CC1)c1ccc(OC2CCCCC(c3cccs3)CC2)c(Cl)c1. The van der Waals surface area contributed by atoms with Gasteiger partial charge in [-0.25, -0.2) is 0 Å². The van der Waals surface area contributed by atoms with E-state index in [0.717, 1.165) is 51.7 Å². The monoisotopic (exact) mass is 536 g/mol. The molecule has 2 aromatic carbocycles. The molecule has 1 aliphatic heterocycles. The Labute approximate surface area is 230 Å². The Kier molecular flexibility index (Phi) is 9.19. The molecule has 1 N–H and O–H groups in total. The number of rotatable bonds is 7. The number of ether oxygens (including phenoxy) is 1. The van der Waals surface area contributed by atoms with E-state index in [2.05, 4.69) is 58.1 Å². The minimum atomic E-state index is -0.0558. The van der Waals surface area contributed by atoms with Crippen LogP contribution in [0.1, 0.15) is 78.1 Å². The fourth-order valence-electron chi connectivity index (χ4n) is 5.63. The van der Waals surface area contributed by atoms with Gasteiger partial charge in [-0.2, -0.15) is 0 Å². The highest BCUT2D eigenvalue weighted by atomic mass is 35.5. The van der Waals surface area contributed by atoms with Crippen molar-refractivity contribution < 1.29 is 9.53 Å². The molecule has 37 heavy (non-hydrogen) atoms. The Morgan fingerprint density at radius 2 is 1.76 bits per heavy atom. The quantitative estimate of drug-likeness (QED) is 0.336. The van der Waals surface area contributed by atoms with Crippen LogP contribution in [0.25, 0.3) is 0 Å². The van der Waals surface area contributed by atoms with Gasteiger partial charge in [-0.15, -0.1) is 11.3 Å². The lowest BCUT2D eigenvalue weighted by molar-refractivity contribution is 0.0909. The first kappa shape index (κ1) is 26.3. The van der Waals surface area contributed by atoms with E-state index in [4.69, 9.17) is 16.3 Å². The molecule has 3 aromatic rings. The maximum atomic E-state index is 12.9. The summed E-state index contributed by atoms with van der Waals surface area (Å²) in [6.45, 7) is 2.94. The maximum Gasteiger partial charge on any atom is 0.251 e. The number of nitrogens with one attached hydrogen (secondary N) is 1. The summed E-state index contributed by atoms with van der Waals surface area (Å²) in [7, 11) is 0. The Morgan fingerprint density at radius 1 is 0.946 bits per heavy atom. The smallest absolute Gasteiger partial charge is 0.251 e. The number of benzene rings is 2. The van der Waals surface area contributed by atoms with E-state index in [1.54, 1.807) is 6.07 Å². The number of nitrogens with zero attached hydrogens (tertiary/aromatic N) is 1. The predicted octanol–water partition coefficient (Wildman–Crippen LogP) is 7.68. The molecule has 1 aromatic heterocycles. The minimum absolute atomic E-state index is 0.0558. The minimum Gasteiger partial charge on any atom is -0.489 e. The predicted molar refractivity (Wildman–Crippen MR) is 153 cm³/mol. The molecule has 2 atom stereocenters. The number of carbonyl (C=O) groups is 1. The number of hydrogen-bond donors (Lipinski definition) is 1. The van der Waals surface area contributed by atoms with Crippen molar-refractivity contribution in [2.24, 2.45) is 0 Å². The van der Waals surface area contributed by atoms with Gasteiger partial charge in [0.05, 0.1) is 11.1 Å². The molecule has 1 aliphatic carbocycles. The fraction of sp³-hybridized carbons (Fsp3) is 0.452. The third-order valence-electron chi connectivity index (χ3n) is 7.77. The van der Waals surface area contributed by atoms with Gasteiger partial charge in [0, 0.05) is 36.1 Å². The zero-order valence-electron chi connectivity index (χ0n) is 21.4. The summed E-state index contributed by atoms with van der Waals surface area (Å²) in [5.41, 5.74) is 1.93. The second-order valence-corrected chi connectivity index (χ2v) is 11.9. The summed E-state index contributed by atoms with van der Waals surface area (Å²) in [6.07, 6.45) is 9.00. The van der Waals surface area contributed by atoms with E-state index in [-0.39, 0.29) is 18.1 Å². The highest BCUT2D eigenvalue weighted by molar-refractivity contribution is 7.10. The molecule has 2 aliphatic rings. The van der Waals surface area contributed by atoms with Crippen molar-refractivity contribution in [3.8, 4) is 5.75 Å². The maximum absolute atomic E-state index is 12.9. The Balaban J connectivity index is 1.11. The summed E-state index contributed by atoms with van der Waals surface area (Å²) >= 11 is 8.47. The van der Waals surface area contributed by atoms with Gasteiger partial charge in [0.25, 0.3) is 5.91 Å². The van der Waals surface area contributed by atoms with Crippen molar-refractivity contribution in [1.82, 2.24) is 10.2 Å². The number of thiophene rings is 1. The van der Waals surface area contributed by atoms with E-state index in [9.17, 15) is 4.79 Å². The average Bonchev–Trinajstić information content (AvgIpc) is 3.43. The molecule has 0 radical (unpaired) electrons. The first-order chi connectivity index (χ1) is 18.1. The van der Waals surface area contributed by atoms with E-state index < -0.39 is 0 Å². The number of carbonyl (C=O) groups excluding carboxylic acids is 1. The van der Waals surface area contributed by atoms with Gasteiger partial charge in [-0.05, 0) is 86.1 Å². The Hall–Kier alpha value is -2.34. The van der Waals surface area contributed by atoms with Crippen LogP contribution in [-0.4, -0.2) is 36.0 Å². The number of halogens is 1. The van der Waals surface area contributed by atoms with Crippen molar-refractivity contribution in [3.05, 3.63) is 87.1 Å². The van der Waals surface area contributed by atoms with E-state index in [0.29, 0.717) is 22.3 Å². The molecule has 4 nitrogen and oxygen atoms in total. The molecule has 2 heterocycles. The lowest BCUT2D eigenvalue weighted by Crippen LogP contribution is -2.44. The Morgan fingerprint density at radius 3 is 2.51 bits per heavy atom. The van der Waals surface area contributed by atoms with Crippen LogP contribution in [0.4, 0.5) is 0 Å². The highest BCUT2D eigenvalue weighted by Gasteiger charge is 2.23. The summed E-state index contributed by atoms with van der Waals surface area (Å²) in [5.74, 6) is 1.27. The number of hydrogen-bond acceptors (Lipinski definition) is 4. The molecule has 1 saturated carbocycles. The van der Waals surface area contributed by atoms with Crippen LogP contribution in [0, 0.1) is 0 Å². The topological polar surface area (TPSA) is 41.6 Å². The zero-order chi connectivity index (χ0) is 25.5. The highest BCUT2D eigenvalue weighted by Crippen LogP contribution is 2.35. The fourth-order valence-corrected chi connectivity index (χ4v) is 6.75. The van der Waals surface area contributed by atoms with Crippen LogP contribution in [0.15, 0.2) is 66.0 Å². The van der Waals surface area contributed by atoms with Gasteiger partial charge < -0.3 is 10.1 Å².